The van der Waals surface area contributed by atoms with E-state index < -0.39 is 11.9 Å². The van der Waals surface area contributed by atoms with Gasteiger partial charge in [0.15, 0.2) is 5.13 Å². The number of urea groups is 1. The molecule has 1 aliphatic carbocycles. The summed E-state index contributed by atoms with van der Waals surface area (Å²) in [6, 6.07) is -0.263. The molecule has 3 unspecified atom stereocenters. The van der Waals surface area contributed by atoms with Crippen molar-refractivity contribution in [3.63, 3.8) is 0 Å². The molecule has 2 amide bonds. The van der Waals surface area contributed by atoms with Crippen LogP contribution < -0.4 is 5.32 Å². The molecule has 2 fully saturated rings. The normalized spacial score (nSPS) is 29.7. The van der Waals surface area contributed by atoms with E-state index in [-0.39, 0.29) is 18.1 Å². The van der Waals surface area contributed by atoms with Crippen molar-refractivity contribution in [3.8, 4) is 0 Å². The zero-order valence-electron chi connectivity index (χ0n) is 11.5. The Morgan fingerprint density at radius 1 is 1.33 bits per heavy atom. The fraction of sp³-hybridized carbons (Fsp3) is 0.643. The minimum absolute atomic E-state index is 0.0721. The molecular weight excluding hydrogens is 290 g/mol. The highest BCUT2D eigenvalue weighted by atomic mass is 32.1. The first-order chi connectivity index (χ1) is 10.1. The second-order valence-corrected chi connectivity index (χ2v) is 7.14. The Morgan fingerprint density at radius 3 is 2.90 bits per heavy atom. The minimum Gasteiger partial charge on any atom is -0.481 e. The van der Waals surface area contributed by atoms with Gasteiger partial charge >= 0.3 is 12.0 Å². The minimum atomic E-state index is -0.784. The van der Waals surface area contributed by atoms with E-state index in [4.69, 9.17) is 0 Å². The number of carboxylic acid groups (broad SMARTS) is 1. The summed E-state index contributed by atoms with van der Waals surface area (Å²) < 4.78 is 0. The van der Waals surface area contributed by atoms with Crippen molar-refractivity contribution >= 4 is 28.5 Å². The van der Waals surface area contributed by atoms with E-state index in [2.05, 4.69) is 10.3 Å². The van der Waals surface area contributed by atoms with Gasteiger partial charge in [-0.2, -0.15) is 0 Å². The molecule has 7 heteroatoms. The van der Waals surface area contributed by atoms with E-state index in [1.54, 1.807) is 16.2 Å². The Kier molecular flexibility index (Phi) is 2.92. The molecule has 2 saturated heterocycles. The van der Waals surface area contributed by atoms with Crippen LogP contribution >= 0.6 is 11.3 Å². The quantitative estimate of drug-likeness (QED) is 0.876. The van der Waals surface area contributed by atoms with Gasteiger partial charge in [-0.3, -0.25) is 10.1 Å². The number of hydrogen-bond donors (Lipinski definition) is 2. The highest BCUT2D eigenvalue weighted by Crippen LogP contribution is 2.42. The number of amides is 2. The van der Waals surface area contributed by atoms with Gasteiger partial charge in [0.2, 0.25) is 0 Å². The molecule has 1 aromatic rings. The Morgan fingerprint density at radius 2 is 2.19 bits per heavy atom. The molecule has 0 aromatic carbocycles. The molecule has 2 N–H and O–H groups in total. The molecule has 3 aliphatic rings. The largest absolute Gasteiger partial charge is 0.481 e. The molecule has 6 nitrogen and oxygen atoms in total. The summed E-state index contributed by atoms with van der Waals surface area (Å²) >= 11 is 1.55. The number of aryl methyl sites for hydroxylation is 2. The Bertz CT molecular complexity index is 593. The third kappa shape index (κ3) is 2.02. The number of carboxylic acids is 1. The van der Waals surface area contributed by atoms with Crippen LogP contribution in [0.4, 0.5) is 9.93 Å². The number of anilines is 1. The average molecular weight is 307 g/mol. The highest BCUT2D eigenvalue weighted by molar-refractivity contribution is 7.15. The smallest absolute Gasteiger partial charge is 0.324 e. The van der Waals surface area contributed by atoms with Crippen LogP contribution in [0.5, 0.6) is 0 Å². The molecule has 0 radical (unpaired) electrons. The van der Waals surface area contributed by atoms with Gasteiger partial charge < -0.3 is 10.0 Å². The number of thiazole rings is 1. The van der Waals surface area contributed by atoms with Gasteiger partial charge in [-0.15, -0.1) is 11.3 Å². The second kappa shape index (κ2) is 4.69. The van der Waals surface area contributed by atoms with Crippen LogP contribution in [0.1, 0.15) is 36.3 Å². The first kappa shape index (κ1) is 13.1. The van der Waals surface area contributed by atoms with Crippen LogP contribution in [-0.2, 0) is 17.6 Å². The maximum atomic E-state index is 12.5. The van der Waals surface area contributed by atoms with Crippen LogP contribution in [0.15, 0.2) is 0 Å². The molecule has 21 heavy (non-hydrogen) atoms. The average Bonchev–Trinajstić information content (AvgIpc) is 3.15. The summed E-state index contributed by atoms with van der Waals surface area (Å²) in [4.78, 5) is 31.2. The van der Waals surface area contributed by atoms with Crippen molar-refractivity contribution in [2.45, 2.75) is 50.6 Å². The van der Waals surface area contributed by atoms with Crippen molar-refractivity contribution in [2.75, 3.05) is 5.32 Å². The number of rotatable bonds is 2. The van der Waals surface area contributed by atoms with Crippen LogP contribution in [-0.4, -0.2) is 39.1 Å². The van der Waals surface area contributed by atoms with Gasteiger partial charge in [-0.1, -0.05) is 0 Å². The number of carbonyl (C=O) groups is 2. The van der Waals surface area contributed by atoms with Crippen molar-refractivity contribution in [3.05, 3.63) is 10.6 Å². The predicted molar refractivity (Wildman–Crippen MR) is 77.5 cm³/mol. The lowest BCUT2D eigenvalue weighted by molar-refractivity contribution is -0.142. The van der Waals surface area contributed by atoms with Gasteiger partial charge in [-0.05, 0) is 38.5 Å². The molecule has 0 saturated carbocycles. The van der Waals surface area contributed by atoms with Crippen LogP contribution in [0, 0.1) is 5.92 Å². The Balaban J connectivity index is 1.49. The standard InChI is InChI=1S/C14H17N3O3S/c18-12(19)8-6-7-4-5-10(8)17(7)14(20)16-13-15-9-2-1-3-11(9)21-13/h7-8,10H,1-6H2,(H,18,19)(H,15,16,20). The van der Waals surface area contributed by atoms with Gasteiger partial charge in [0.05, 0.1) is 11.6 Å². The van der Waals surface area contributed by atoms with Crippen LogP contribution in [0.3, 0.4) is 0 Å². The van der Waals surface area contributed by atoms with Gasteiger partial charge in [0, 0.05) is 17.0 Å². The number of nitrogens with one attached hydrogen (secondary N) is 1. The fourth-order valence-electron chi connectivity index (χ4n) is 3.97. The van der Waals surface area contributed by atoms with Crippen molar-refractivity contribution < 1.29 is 14.7 Å². The first-order valence-electron chi connectivity index (χ1n) is 7.44. The number of aliphatic carboxylic acids is 1. The number of fused-ring (bicyclic) bond motifs is 3. The summed E-state index contributed by atoms with van der Waals surface area (Å²) in [6.07, 6.45) is 5.50. The van der Waals surface area contributed by atoms with Crippen LogP contribution in [0.25, 0.3) is 0 Å². The maximum Gasteiger partial charge on any atom is 0.324 e. The summed E-state index contributed by atoms with van der Waals surface area (Å²) in [6.45, 7) is 0. The van der Waals surface area contributed by atoms with Gasteiger partial charge in [0.25, 0.3) is 0 Å². The lowest BCUT2D eigenvalue weighted by Gasteiger charge is -2.22. The Hall–Kier alpha value is -1.63. The van der Waals surface area contributed by atoms with Crippen molar-refractivity contribution in [2.24, 2.45) is 5.92 Å². The molecule has 2 bridgehead atoms. The Labute approximate surface area is 126 Å². The lowest BCUT2D eigenvalue weighted by atomic mass is 9.89. The number of carbonyl (C=O) groups excluding carboxylic acids is 1. The van der Waals surface area contributed by atoms with Gasteiger partial charge in [-0.25, -0.2) is 9.78 Å². The summed E-state index contributed by atoms with van der Waals surface area (Å²) in [5, 5.41) is 12.8. The number of aromatic nitrogens is 1. The number of hydrogen-bond acceptors (Lipinski definition) is 4. The zero-order valence-corrected chi connectivity index (χ0v) is 12.4. The topological polar surface area (TPSA) is 82.5 Å². The van der Waals surface area contributed by atoms with Crippen molar-refractivity contribution in [1.29, 1.82) is 0 Å². The molecule has 3 heterocycles. The molecule has 3 atom stereocenters. The molecular formula is C14H17N3O3S. The van der Waals surface area contributed by atoms with Gasteiger partial charge in [0.1, 0.15) is 0 Å². The van der Waals surface area contributed by atoms with E-state index in [1.807, 2.05) is 0 Å². The lowest BCUT2D eigenvalue weighted by Crippen LogP contribution is -2.40. The third-order valence-corrected chi connectivity index (χ3v) is 5.97. The summed E-state index contributed by atoms with van der Waals surface area (Å²) in [5.74, 6) is -1.19. The highest BCUT2D eigenvalue weighted by Gasteiger charge is 2.51. The molecule has 112 valence electrons. The molecule has 2 aliphatic heterocycles. The number of nitrogens with zero attached hydrogens (tertiary/aromatic N) is 2. The molecule has 4 rings (SSSR count). The fourth-order valence-corrected chi connectivity index (χ4v) is 5.01. The first-order valence-corrected chi connectivity index (χ1v) is 8.26. The predicted octanol–water partition coefficient (Wildman–Crippen LogP) is 2.10. The van der Waals surface area contributed by atoms with Crippen molar-refractivity contribution in [1.82, 2.24) is 9.88 Å². The summed E-state index contributed by atoms with van der Waals surface area (Å²) in [5.41, 5.74) is 1.11. The SMILES string of the molecule is O=C(O)C1CC2CCC1N2C(=O)Nc1nc2c(s1)CCC2. The summed E-state index contributed by atoms with van der Waals surface area (Å²) in [7, 11) is 0. The third-order valence-electron chi connectivity index (χ3n) is 4.90. The van der Waals surface area contributed by atoms with E-state index in [9.17, 15) is 14.7 Å². The van der Waals surface area contributed by atoms with E-state index in [1.165, 1.54) is 4.88 Å². The monoisotopic (exact) mass is 307 g/mol. The molecule has 0 spiro atoms. The molecule has 1 aromatic heterocycles. The van der Waals surface area contributed by atoms with E-state index in [0.29, 0.717) is 11.6 Å². The second-order valence-electron chi connectivity index (χ2n) is 6.06. The van der Waals surface area contributed by atoms with Crippen LogP contribution in [0.2, 0.25) is 0 Å². The van der Waals surface area contributed by atoms with E-state index >= 15 is 0 Å². The zero-order chi connectivity index (χ0) is 14.6. The van der Waals surface area contributed by atoms with E-state index in [0.717, 1.165) is 37.8 Å². The maximum absolute atomic E-state index is 12.5.